The standard InChI is InChI=1S/C23H38N2O/c1-2-3-4-5-6-7-8-9-10-11-12-13-14-15-16-17-18-19-20-23(26)25-22-21-24/h3-4,6-7,9-10,12-13,18-19H,2,5,8,11,14-17,20-22,24H2,1H3,(H,25,26)/b4-3-,7-6-,10-9-,13-12-,19-18-. The predicted molar refractivity (Wildman–Crippen MR) is 115 cm³/mol. The van der Waals surface area contributed by atoms with Crippen molar-refractivity contribution < 1.29 is 4.79 Å². The Bertz CT molecular complexity index is 459. The lowest BCUT2D eigenvalue weighted by molar-refractivity contribution is -0.120. The minimum absolute atomic E-state index is 0.0477. The number of hydrogen-bond donors (Lipinski definition) is 2. The van der Waals surface area contributed by atoms with Crippen LogP contribution in [0.5, 0.6) is 0 Å². The van der Waals surface area contributed by atoms with Crippen LogP contribution in [0.15, 0.2) is 60.8 Å². The van der Waals surface area contributed by atoms with Crippen LogP contribution in [-0.2, 0) is 4.79 Å². The van der Waals surface area contributed by atoms with Gasteiger partial charge in [0.2, 0.25) is 5.91 Å². The second-order valence-electron chi connectivity index (χ2n) is 6.10. The first-order valence-corrected chi connectivity index (χ1v) is 10.0. The van der Waals surface area contributed by atoms with Crippen LogP contribution in [0.3, 0.4) is 0 Å². The fraction of sp³-hybridized carbons (Fsp3) is 0.522. The maximum Gasteiger partial charge on any atom is 0.223 e. The fourth-order valence-corrected chi connectivity index (χ4v) is 2.21. The highest BCUT2D eigenvalue weighted by Crippen LogP contribution is 2.03. The van der Waals surface area contributed by atoms with Gasteiger partial charge in [-0.1, -0.05) is 67.7 Å². The van der Waals surface area contributed by atoms with Crippen LogP contribution in [-0.4, -0.2) is 19.0 Å². The molecule has 0 aromatic heterocycles. The van der Waals surface area contributed by atoms with E-state index in [9.17, 15) is 4.79 Å². The smallest absolute Gasteiger partial charge is 0.223 e. The zero-order chi connectivity index (χ0) is 19.1. The van der Waals surface area contributed by atoms with Crippen molar-refractivity contribution in [2.45, 2.75) is 64.7 Å². The number of hydrogen-bond acceptors (Lipinski definition) is 2. The van der Waals surface area contributed by atoms with E-state index in [2.05, 4.69) is 66.9 Å². The zero-order valence-corrected chi connectivity index (χ0v) is 16.5. The molecule has 3 heteroatoms. The van der Waals surface area contributed by atoms with E-state index in [0.717, 1.165) is 38.5 Å². The number of allylic oxidation sites excluding steroid dienone is 9. The molecule has 1 amide bonds. The van der Waals surface area contributed by atoms with Gasteiger partial charge in [-0.25, -0.2) is 0 Å². The first-order chi connectivity index (χ1) is 12.8. The molecular weight excluding hydrogens is 320 g/mol. The molecular formula is C23H38N2O. The molecule has 0 saturated carbocycles. The summed E-state index contributed by atoms with van der Waals surface area (Å²) in [6, 6.07) is 0. The van der Waals surface area contributed by atoms with Gasteiger partial charge in [-0.3, -0.25) is 4.79 Å². The van der Waals surface area contributed by atoms with E-state index in [1.165, 1.54) is 12.8 Å². The van der Waals surface area contributed by atoms with Crippen molar-refractivity contribution in [3.8, 4) is 0 Å². The summed E-state index contributed by atoms with van der Waals surface area (Å²) in [5.74, 6) is 0.0477. The Labute approximate surface area is 160 Å². The second-order valence-corrected chi connectivity index (χ2v) is 6.10. The minimum Gasteiger partial charge on any atom is -0.355 e. The van der Waals surface area contributed by atoms with Gasteiger partial charge in [0, 0.05) is 19.5 Å². The van der Waals surface area contributed by atoms with Gasteiger partial charge in [-0.15, -0.1) is 0 Å². The Balaban J connectivity index is 3.44. The van der Waals surface area contributed by atoms with E-state index in [-0.39, 0.29) is 5.91 Å². The lowest BCUT2D eigenvalue weighted by atomic mass is 10.1. The normalized spacial score (nSPS) is 12.5. The largest absolute Gasteiger partial charge is 0.355 e. The second kappa shape index (κ2) is 21.2. The summed E-state index contributed by atoms with van der Waals surface area (Å²) in [6.07, 6.45) is 31.0. The summed E-state index contributed by atoms with van der Waals surface area (Å²) < 4.78 is 0. The van der Waals surface area contributed by atoms with Crippen molar-refractivity contribution >= 4 is 5.91 Å². The molecule has 0 rings (SSSR count). The Hall–Kier alpha value is -1.87. The van der Waals surface area contributed by atoms with Crippen LogP contribution in [0.2, 0.25) is 0 Å². The highest BCUT2D eigenvalue weighted by Gasteiger charge is 1.94. The average molecular weight is 359 g/mol. The van der Waals surface area contributed by atoms with Gasteiger partial charge in [-0.2, -0.15) is 0 Å². The molecule has 3 nitrogen and oxygen atoms in total. The molecule has 0 aliphatic rings. The first-order valence-electron chi connectivity index (χ1n) is 10.0. The number of rotatable bonds is 16. The number of carbonyl (C=O) groups excluding carboxylic acids is 1. The van der Waals surface area contributed by atoms with E-state index in [0.29, 0.717) is 19.5 Å². The molecule has 0 atom stereocenters. The number of unbranched alkanes of at least 4 members (excludes halogenated alkanes) is 3. The highest BCUT2D eigenvalue weighted by atomic mass is 16.1. The van der Waals surface area contributed by atoms with Crippen LogP contribution in [0.4, 0.5) is 0 Å². The molecule has 0 saturated heterocycles. The summed E-state index contributed by atoms with van der Waals surface area (Å²) in [6.45, 7) is 3.20. The van der Waals surface area contributed by atoms with Crippen molar-refractivity contribution in [2.24, 2.45) is 5.73 Å². The van der Waals surface area contributed by atoms with Crippen LogP contribution in [0.1, 0.15) is 64.7 Å². The molecule has 0 fully saturated rings. The Kier molecular flexibility index (Phi) is 19.7. The lowest BCUT2D eigenvalue weighted by Crippen LogP contribution is -2.28. The van der Waals surface area contributed by atoms with Gasteiger partial charge in [0.1, 0.15) is 0 Å². The summed E-state index contributed by atoms with van der Waals surface area (Å²) in [4.78, 5) is 11.3. The van der Waals surface area contributed by atoms with Gasteiger partial charge in [-0.05, 0) is 51.4 Å². The zero-order valence-electron chi connectivity index (χ0n) is 16.5. The Morgan fingerprint density at radius 2 is 1.27 bits per heavy atom. The first kappa shape index (κ1) is 24.1. The van der Waals surface area contributed by atoms with Crippen LogP contribution < -0.4 is 11.1 Å². The van der Waals surface area contributed by atoms with Gasteiger partial charge in [0.25, 0.3) is 0 Å². The number of amides is 1. The number of nitrogens with one attached hydrogen (secondary N) is 1. The highest BCUT2D eigenvalue weighted by molar-refractivity contribution is 5.77. The quantitative estimate of drug-likeness (QED) is 0.288. The van der Waals surface area contributed by atoms with E-state index in [1.807, 2.05) is 6.08 Å². The van der Waals surface area contributed by atoms with Gasteiger partial charge in [0.15, 0.2) is 0 Å². The molecule has 0 aliphatic carbocycles. The van der Waals surface area contributed by atoms with Gasteiger partial charge < -0.3 is 11.1 Å². The molecule has 0 aromatic rings. The lowest BCUT2D eigenvalue weighted by Gasteiger charge is -1.99. The number of carbonyl (C=O) groups is 1. The molecule has 0 aromatic carbocycles. The fourth-order valence-electron chi connectivity index (χ4n) is 2.21. The monoisotopic (exact) mass is 358 g/mol. The predicted octanol–water partition coefficient (Wildman–Crippen LogP) is 5.37. The SMILES string of the molecule is CC/C=C\C/C=C\C/C=C\C/C=C\CCCC/C=C\CC(=O)NCCN. The Morgan fingerprint density at radius 1 is 0.769 bits per heavy atom. The van der Waals surface area contributed by atoms with E-state index < -0.39 is 0 Å². The Morgan fingerprint density at radius 3 is 1.81 bits per heavy atom. The number of nitrogens with two attached hydrogens (primary N) is 1. The van der Waals surface area contributed by atoms with Crippen molar-refractivity contribution in [3.05, 3.63) is 60.8 Å². The van der Waals surface area contributed by atoms with Crippen LogP contribution >= 0.6 is 0 Å². The summed E-state index contributed by atoms with van der Waals surface area (Å²) in [7, 11) is 0. The average Bonchev–Trinajstić information content (AvgIpc) is 2.65. The molecule has 0 spiro atoms. The molecule has 146 valence electrons. The van der Waals surface area contributed by atoms with Crippen molar-refractivity contribution in [1.82, 2.24) is 5.32 Å². The molecule has 0 aliphatic heterocycles. The summed E-state index contributed by atoms with van der Waals surface area (Å²) in [5.41, 5.74) is 5.33. The summed E-state index contributed by atoms with van der Waals surface area (Å²) in [5, 5.41) is 2.75. The van der Waals surface area contributed by atoms with E-state index in [1.54, 1.807) is 0 Å². The van der Waals surface area contributed by atoms with Gasteiger partial charge in [0.05, 0.1) is 0 Å². The van der Waals surface area contributed by atoms with E-state index in [4.69, 9.17) is 5.73 Å². The van der Waals surface area contributed by atoms with Crippen molar-refractivity contribution in [1.29, 1.82) is 0 Å². The van der Waals surface area contributed by atoms with Crippen LogP contribution in [0, 0.1) is 0 Å². The summed E-state index contributed by atoms with van der Waals surface area (Å²) >= 11 is 0. The molecule has 0 unspecified atom stereocenters. The molecule has 0 heterocycles. The van der Waals surface area contributed by atoms with Gasteiger partial charge >= 0.3 is 0 Å². The third kappa shape index (κ3) is 20.2. The maximum absolute atomic E-state index is 11.3. The van der Waals surface area contributed by atoms with Crippen molar-refractivity contribution in [3.63, 3.8) is 0 Å². The molecule has 26 heavy (non-hydrogen) atoms. The third-order valence-corrected chi connectivity index (χ3v) is 3.65. The topological polar surface area (TPSA) is 55.1 Å². The van der Waals surface area contributed by atoms with E-state index >= 15 is 0 Å². The van der Waals surface area contributed by atoms with Crippen LogP contribution in [0.25, 0.3) is 0 Å². The maximum atomic E-state index is 11.3. The molecule has 0 radical (unpaired) electrons. The molecule has 0 bridgehead atoms. The third-order valence-electron chi connectivity index (χ3n) is 3.65. The molecule has 3 N–H and O–H groups in total. The minimum atomic E-state index is 0.0477. The van der Waals surface area contributed by atoms with Crippen molar-refractivity contribution in [2.75, 3.05) is 13.1 Å².